The molecule has 5 rings (SSSR count). The minimum atomic E-state index is -4.73. The SMILES string of the molecule is N#CCCn1cc(-c2cnc3c(Nc4ccc(C(=O)N5CCN(C(=O)NCCN)CC5)c(Cl)c4)nccn23)c(C(F)(F)F)n1.O=CO. The highest BCUT2D eigenvalue weighted by Gasteiger charge is 2.38. The number of carbonyl (C=O) groups excluding carboxylic acids is 2. The quantitative estimate of drug-likeness (QED) is 0.201. The molecular weight excluding hydrogens is 647 g/mol. The third kappa shape index (κ3) is 8.06. The monoisotopic (exact) mass is 675 g/mol. The highest BCUT2D eigenvalue weighted by molar-refractivity contribution is 6.34. The lowest BCUT2D eigenvalue weighted by Gasteiger charge is -2.34. The van der Waals surface area contributed by atoms with Gasteiger partial charge in [-0.1, -0.05) is 11.6 Å². The zero-order chi connectivity index (χ0) is 34.1. The number of nitrogens with zero attached hydrogens (tertiary/aromatic N) is 8. The van der Waals surface area contributed by atoms with Crippen molar-refractivity contribution in [2.75, 3.05) is 44.6 Å². The number of anilines is 2. The lowest BCUT2D eigenvalue weighted by atomic mass is 10.1. The van der Waals surface area contributed by atoms with Crippen LogP contribution in [0.5, 0.6) is 0 Å². The van der Waals surface area contributed by atoms with Gasteiger partial charge in [-0.15, -0.1) is 0 Å². The van der Waals surface area contributed by atoms with Gasteiger partial charge in [0, 0.05) is 63.5 Å². The summed E-state index contributed by atoms with van der Waals surface area (Å²) in [6.45, 7) is 1.88. The Bertz CT molecular complexity index is 1780. The number of hydrogen-bond donors (Lipinski definition) is 4. The predicted molar refractivity (Wildman–Crippen MR) is 163 cm³/mol. The van der Waals surface area contributed by atoms with Gasteiger partial charge in [-0.3, -0.25) is 18.7 Å². The Kier molecular flexibility index (Phi) is 11.2. The Morgan fingerprint density at radius 3 is 2.51 bits per heavy atom. The number of urea groups is 1. The van der Waals surface area contributed by atoms with Gasteiger partial charge < -0.3 is 31.3 Å². The zero-order valence-electron chi connectivity index (χ0n) is 24.6. The van der Waals surface area contributed by atoms with Crippen molar-refractivity contribution in [3.8, 4) is 17.3 Å². The van der Waals surface area contributed by atoms with Crippen LogP contribution in [0.4, 0.5) is 29.5 Å². The van der Waals surface area contributed by atoms with Crippen molar-refractivity contribution in [3.63, 3.8) is 0 Å². The van der Waals surface area contributed by atoms with Gasteiger partial charge in [-0.25, -0.2) is 14.8 Å². The van der Waals surface area contributed by atoms with Gasteiger partial charge in [-0.05, 0) is 18.2 Å². The van der Waals surface area contributed by atoms with Crippen molar-refractivity contribution in [1.82, 2.24) is 39.3 Å². The lowest BCUT2D eigenvalue weighted by Crippen LogP contribution is -2.53. The van der Waals surface area contributed by atoms with E-state index in [1.807, 2.05) is 6.07 Å². The Morgan fingerprint density at radius 2 is 1.87 bits per heavy atom. The first-order valence-corrected chi connectivity index (χ1v) is 14.4. The van der Waals surface area contributed by atoms with Gasteiger partial charge in [0.25, 0.3) is 12.4 Å². The Morgan fingerprint density at radius 1 is 1.17 bits per heavy atom. The van der Waals surface area contributed by atoms with Crippen LogP contribution in [-0.2, 0) is 17.5 Å². The van der Waals surface area contributed by atoms with E-state index < -0.39 is 11.9 Å². The van der Waals surface area contributed by atoms with E-state index in [0.717, 1.165) is 4.68 Å². The van der Waals surface area contributed by atoms with Crippen molar-refractivity contribution in [1.29, 1.82) is 5.26 Å². The molecule has 0 saturated carbocycles. The maximum absolute atomic E-state index is 13.8. The molecule has 1 fully saturated rings. The van der Waals surface area contributed by atoms with E-state index in [1.54, 1.807) is 28.0 Å². The van der Waals surface area contributed by atoms with Crippen molar-refractivity contribution < 1.29 is 32.7 Å². The van der Waals surface area contributed by atoms with Crippen LogP contribution in [0.1, 0.15) is 22.5 Å². The molecule has 0 aliphatic carbocycles. The van der Waals surface area contributed by atoms with Crippen molar-refractivity contribution in [2.24, 2.45) is 5.73 Å². The number of carbonyl (C=O) groups is 3. The minimum Gasteiger partial charge on any atom is -0.483 e. The normalized spacial score (nSPS) is 13.0. The molecule has 0 unspecified atom stereocenters. The third-order valence-electron chi connectivity index (χ3n) is 6.92. The summed E-state index contributed by atoms with van der Waals surface area (Å²) in [4.78, 5) is 45.5. The van der Waals surface area contributed by atoms with E-state index in [9.17, 15) is 22.8 Å². The summed E-state index contributed by atoms with van der Waals surface area (Å²) in [5, 5.41) is 25.3. The maximum Gasteiger partial charge on any atom is 0.435 e. The average Bonchev–Trinajstić information content (AvgIpc) is 3.68. The van der Waals surface area contributed by atoms with Crippen LogP contribution < -0.4 is 16.4 Å². The first-order chi connectivity index (χ1) is 22.5. The van der Waals surface area contributed by atoms with E-state index in [4.69, 9.17) is 32.5 Å². The number of fused-ring (bicyclic) bond motifs is 1. The number of amides is 3. The summed E-state index contributed by atoms with van der Waals surface area (Å²) >= 11 is 6.50. The molecule has 0 atom stereocenters. The molecule has 19 heteroatoms. The number of nitriles is 1. The number of aromatic nitrogens is 5. The molecule has 1 aromatic carbocycles. The number of aryl methyl sites for hydroxylation is 1. The number of piperazine rings is 1. The van der Waals surface area contributed by atoms with Crippen molar-refractivity contribution in [2.45, 2.75) is 19.1 Å². The summed E-state index contributed by atoms with van der Waals surface area (Å²) in [7, 11) is 0. The standard InChI is InChI=1S/C27H27ClF3N11O2.CH2O2/c28-20-14-17(2-3-18(20)25(43)39-10-12-40(13-11-39)26(44)35-6-5-33)37-23-24-36-15-21(42(24)9-7-34-23)19-16-41(8-1-4-32)38-22(19)27(29,30)31;2-1-3/h2-3,7,9,14-16H,1,5-6,8,10-13,33H2,(H,34,37)(H,35,44);1H,(H,2,3). The first-order valence-electron chi connectivity index (χ1n) is 14.0. The average molecular weight is 676 g/mol. The molecule has 3 aromatic heterocycles. The van der Waals surface area contributed by atoms with Gasteiger partial charge in [-0.2, -0.15) is 23.5 Å². The Balaban J connectivity index is 0.00000160. The summed E-state index contributed by atoms with van der Waals surface area (Å²) in [5.41, 5.74) is 5.27. The first kappa shape index (κ1) is 34.5. The number of imidazole rings is 1. The molecule has 15 nitrogen and oxygen atoms in total. The molecule has 0 bridgehead atoms. The number of rotatable bonds is 8. The number of carboxylic acid groups (broad SMARTS) is 1. The molecule has 1 aliphatic heterocycles. The molecule has 1 saturated heterocycles. The van der Waals surface area contributed by atoms with Crippen LogP contribution in [0.25, 0.3) is 16.9 Å². The molecule has 4 heterocycles. The number of alkyl halides is 3. The van der Waals surface area contributed by atoms with Crippen LogP contribution >= 0.6 is 11.6 Å². The van der Waals surface area contributed by atoms with Crippen LogP contribution in [0, 0.1) is 11.3 Å². The van der Waals surface area contributed by atoms with Crippen LogP contribution in [0.3, 0.4) is 0 Å². The van der Waals surface area contributed by atoms with Crippen molar-refractivity contribution >= 4 is 47.2 Å². The molecule has 5 N–H and O–H groups in total. The Hall–Kier alpha value is -5.41. The fourth-order valence-corrected chi connectivity index (χ4v) is 5.04. The van der Waals surface area contributed by atoms with Gasteiger partial charge in [0.1, 0.15) is 0 Å². The fourth-order valence-electron chi connectivity index (χ4n) is 4.78. The van der Waals surface area contributed by atoms with Crippen LogP contribution in [0.15, 0.2) is 43.0 Å². The summed E-state index contributed by atoms with van der Waals surface area (Å²) < 4.78 is 44.0. The molecule has 47 heavy (non-hydrogen) atoms. The number of nitrogens with two attached hydrogens (primary N) is 1. The molecule has 4 aromatic rings. The predicted octanol–water partition coefficient (Wildman–Crippen LogP) is 3.05. The molecule has 3 amide bonds. The number of hydrogen-bond acceptors (Lipinski definition) is 9. The van der Waals surface area contributed by atoms with Gasteiger partial charge in [0.15, 0.2) is 17.2 Å². The Labute approximate surface area is 270 Å². The van der Waals surface area contributed by atoms with Gasteiger partial charge in [0.2, 0.25) is 0 Å². The minimum absolute atomic E-state index is 0.00148. The second-order valence-corrected chi connectivity index (χ2v) is 10.3. The fraction of sp³-hybridized carbons (Fsp3) is 0.321. The van der Waals surface area contributed by atoms with E-state index in [1.165, 1.54) is 29.2 Å². The molecule has 1 aliphatic rings. The van der Waals surface area contributed by atoms with Gasteiger partial charge in [0.05, 0.1) is 47.1 Å². The number of halogens is 4. The van der Waals surface area contributed by atoms with E-state index in [2.05, 4.69) is 25.7 Å². The van der Waals surface area contributed by atoms with Crippen molar-refractivity contribution in [3.05, 3.63) is 59.3 Å². The molecule has 248 valence electrons. The highest BCUT2D eigenvalue weighted by atomic mass is 35.5. The zero-order valence-corrected chi connectivity index (χ0v) is 25.4. The number of benzene rings is 1. The van der Waals surface area contributed by atoms with E-state index in [-0.39, 0.29) is 64.7 Å². The van der Waals surface area contributed by atoms with Crippen LogP contribution in [0.2, 0.25) is 5.02 Å². The highest BCUT2D eigenvalue weighted by Crippen LogP contribution is 2.37. The number of nitrogens with one attached hydrogen (secondary N) is 2. The second-order valence-electron chi connectivity index (χ2n) is 9.90. The summed E-state index contributed by atoms with van der Waals surface area (Å²) in [6, 6.07) is 6.41. The second kappa shape index (κ2) is 15.2. The summed E-state index contributed by atoms with van der Waals surface area (Å²) in [5.74, 6) is -0.0409. The molecule has 0 spiro atoms. The molecule has 0 radical (unpaired) electrons. The molecular formula is C28H29ClF3N11O4. The van der Waals surface area contributed by atoms with Gasteiger partial charge >= 0.3 is 12.2 Å². The third-order valence-corrected chi connectivity index (χ3v) is 7.24. The summed E-state index contributed by atoms with van der Waals surface area (Å²) in [6.07, 6.45) is 0.688. The topological polar surface area (TPSA) is 200 Å². The van der Waals surface area contributed by atoms with E-state index >= 15 is 0 Å². The maximum atomic E-state index is 13.8. The lowest BCUT2D eigenvalue weighted by molar-refractivity contribution is -0.141. The van der Waals surface area contributed by atoms with E-state index in [0.29, 0.717) is 45.0 Å². The van der Waals surface area contributed by atoms with Crippen LogP contribution in [-0.4, -0.2) is 96.7 Å². The smallest absolute Gasteiger partial charge is 0.435 e. The largest absolute Gasteiger partial charge is 0.483 e.